The van der Waals surface area contributed by atoms with Crippen molar-refractivity contribution in [3.05, 3.63) is 29.3 Å². The molecule has 1 aliphatic heterocycles. The van der Waals surface area contributed by atoms with E-state index in [0.29, 0.717) is 0 Å². The van der Waals surface area contributed by atoms with E-state index in [-0.39, 0.29) is 55.2 Å². The lowest BCUT2D eigenvalue weighted by atomic mass is 10.3. The zero-order chi connectivity index (χ0) is 18.4. The Kier molecular flexibility index (Phi) is 6.77. The summed E-state index contributed by atoms with van der Waals surface area (Å²) in [4.78, 5) is 24.7. The summed E-state index contributed by atoms with van der Waals surface area (Å²) in [5.74, 6) is -1.00. The number of piperazine rings is 1. The summed E-state index contributed by atoms with van der Waals surface area (Å²) in [5.41, 5.74) is 0. The second-order valence-corrected chi connectivity index (χ2v) is 7.62. The van der Waals surface area contributed by atoms with Gasteiger partial charge in [-0.3, -0.25) is 4.79 Å². The van der Waals surface area contributed by atoms with Gasteiger partial charge in [-0.25, -0.2) is 13.2 Å². The molecule has 2 rings (SSSR count). The van der Waals surface area contributed by atoms with E-state index in [1.54, 1.807) is 12.1 Å². The van der Waals surface area contributed by atoms with Gasteiger partial charge in [-0.1, -0.05) is 23.7 Å². The number of rotatable bonds is 6. The Bertz CT molecular complexity index is 731. The number of methoxy groups -OCH3 is 1. The number of carbonyl (C=O) groups excluding carboxylic acids is 2. The molecule has 0 spiro atoms. The molecule has 1 aliphatic rings. The minimum atomic E-state index is -3.71. The summed E-state index contributed by atoms with van der Waals surface area (Å²) in [6, 6.07) is 6.22. The number of hydrogen-bond acceptors (Lipinski definition) is 6. The highest BCUT2D eigenvalue weighted by molar-refractivity contribution is 7.89. The first kappa shape index (κ1) is 19.6. The molecule has 138 valence electrons. The van der Waals surface area contributed by atoms with Crippen LogP contribution in [-0.2, 0) is 29.1 Å². The van der Waals surface area contributed by atoms with Crippen molar-refractivity contribution in [3.8, 4) is 0 Å². The molecule has 1 saturated heterocycles. The van der Waals surface area contributed by atoms with Gasteiger partial charge in [0.1, 0.15) is 11.5 Å². The molecular formula is C15H19ClN2O6S. The highest BCUT2D eigenvalue weighted by Gasteiger charge is 2.31. The summed E-state index contributed by atoms with van der Waals surface area (Å²) in [5, 5.41) is 0.158. The van der Waals surface area contributed by atoms with Crippen LogP contribution in [0.15, 0.2) is 29.2 Å². The summed E-state index contributed by atoms with van der Waals surface area (Å²) in [6.07, 6.45) is 0. The maximum absolute atomic E-state index is 12.6. The van der Waals surface area contributed by atoms with Crippen molar-refractivity contribution < 1.29 is 27.5 Å². The van der Waals surface area contributed by atoms with Crippen molar-refractivity contribution in [1.29, 1.82) is 0 Å². The number of amides is 1. The van der Waals surface area contributed by atoms with Crippen LogP contribution in [0, 0.1) is 0 Å². The minimum Gasteiger partial charge on any atom is -0.454 e. The van der Waals surface area contributed by atoms with Crippen LogP contribution in [0.5, 0.6) is 0 Å². The molecule has 0 aromatic heterocycles. The Labute approximate surface area is 151 Å². The molecule has 0 radical (unpaired) electrons. The van der Waals surface area contributed by atoms with E-state index in [1.165, 1.54) is 28.4 Å². The lowest BCUT2D eigenvalue weighted by molar-refractivity contribution is -0.155. The molecule has 1 aromatic carbocycles. The molecule has 1 aromatic rings. The van der Waals surface area contributed by atoms with Crippen molar-refractivity contribution in [2.75, 3.05) is 46.5 Å². The van der Waals surface area contributed by atoms with Crippen LogP contribution in [-0.4, -0.2) is 76.0 Å². The third-order valence-corrected chi connectivity index (χ3v) is 6.06. The van der Waals surface area contributed by atoms with Gasteiger partial charge in [-0.05, 0) is 12.1 Å². The smallest absolute Gasteiger partial charge is 0.332 e. The lowest BCUT2D eigenvalue weighted by Crippen LogP contribution is -2.51. The van der Waals surface area contributed by atoms with E-state index in [0.717, 1.165) is 0 Å². The summed E-state index contributed by atoms with van der Waals surface area (Å²) in [6.45, 7) is 0.0991. The quantitative estimate of drug-likeness (QED) is 0.651. The van der Waals surface area contributed by atoms with Gasteiger partial charge in [0.2, 0.25) is 10.0 Å². The number of benzene rings is 1. The second-order valence-electron chi connectivity index (χ2n) is 5.31. The van der Waals surface area contributed by atoms with Crippen molar-refractivity contribution in [2.45, 2.75) is 4.90 Å². The molecule has 0 bridgehead atoms. The van der Waals surface area contributed by atoms with Gasteiger partial charge in [0, 0.05) is 33.3 Å². The molecule has 10 heteroatoms. The van der Waals surface area contributed by atoms with Crippen LogP contribution >= 0.6 is 11.6 Å². The Hall–Kier alpha value is -1.68. The first-order chi connectivity index (χ1) is 11.9. The van der Waals surface area contributed by atoms with Gasteiger partial charge in [-0.15, -0.1) is 0 Å². The number of carbonyl (C=O) groups is 2. The standard InChI is InChI=1S/C15H19ClN2O6S/c1-23-11-15(20)24-10-14(19)17-6-8-18(9-7-17)25(21,22)13-5-3-2-4-12(13)16/h2-5H,6-11H2,1H3. The summed E-state index contributed by atoms with van der Waals surface area (Å²) in [7, 11) is -2.36. The fourth-order valence-corrected chi connectivity index (χ4v) is 4.28. The van der Waals surface area contributed by atoms with Crippen molar-refractivity contribution in [2.24, 2.45) is 0 Å². The molecule has 8 nitrogen and oxygen atoms in total. The molecule has 1 amide bonds. The van der Waals surface area contributed by atoms with Crippen molar-refractivity contribution >= 4 is 33.5 Å². The van der Waals surface area contributed by atoms with Crippen LogP contribution in [0.3, 0.4) is 0 Å². The molecular weight excluding hydrogens is 372 g/mol. The second kappa shape index (κ2) is 8.61. The molecule has 0 N–H and O–H groups in total. The van der Waals surface area contributed by atoms with E-state index >= 15 is 0 Å². The monoisotopic (exact) mass is 390 g/mol. The average molecular weight is 391 g/mol. The minimum absolute atomic E-state index is 0.0462. The predicted molar refractivity (Wildman–Crippen MR) is 89.6 cm³/mol. The first-order valence-corrected chi connectivity index (χ1v) is 9.35. The van der Waals surface area contributed by atoms with E-state index in [2.05, 4.69) is 4.74 Å². The summed E-state index contributed by atoms with van der Waals surface area (Å²) < 4.78 is 35.9. The van der Waals surface area contributed by atoms with Gasteiger partial charge in [0.25, 0.3) is 5.91 Å². The Morgan fingerprint density at radius 2 is 1.76 bits per heavy atom. The highest BCUT2D eigenvalue weighted by atomic mass is 35.5. The van der Waals surface area contributed by atoms with Gasteiger partial charge in [0.05, 0.1) is 5.02 Å². The topological polar surface area (TPSA) is 93.2 Å². The van der Waals surface area contributed by atoms with Gasteiger partial charge >= 0.3 is 5.97 Å². The molecule has 25 heavy (non-hydrogen) atoms. The number of halogens is 1. The maximum Gasteiger partial charge on any atom is 0.332 e. The molecule has 0 aliphatic carbocycles. The zero-order valence-corrected chi connectivity index (χ0v) is 15.3. The number of nitrogens with zero attached hydrogens (tertiary/aromatic N) is 2. The van der Waals surface area contributed by atoms with E-state index < -0.39 is 16.0 Å². The Balaban J connectivity index is 1.92. The van der Waals surface area contributed by atoms with E-state index in [9.17, 15) is 18.0 Å². The maximum atomic E-state index is 12.6. The zero-order valence-electron chi connectivity index (χ0n) is 13.7. The largest absolute Gasteiger partial charge is 0.454 e. The van der Waals surface area contributed by atoms with E-state index in [4.69, 9.17) is 16.3 Å². The average Bonchev–Trinajstić information content (AvgIpc) is 2.60. The third-order valence-electron chi connectivity index (χ3n) is 3.66. The normalized spacial score (nSPS) is 15.8. The van der Waals surface area contributed by atoms with Crippen LogP contribution in [0.2, 0.25) is 5.02 Å². The van der Waals surface area contributed by atoms with E-state index in [1.807, 2.05) is 0 Å². The molecule has 1 heterocycles. The molecule has 1 fully saturated rings. The molecule has 0 saturated carbocycles. The van der Waals surface area contributed by atoms with Crippen LogP contribution < -0.4 is 0 Å². The Morgan fingerprint density at radius 3 is 2.36 bits per heavy atom. The number of sulfonamides is 1. The highest BCUT2D eigenvalue weighted by Crippen LogP contribution is 2.24. The van der Waals surface area contributed by atoms with Crippen LogP contribution in [0.1, 0.15) is 0 Å². The fourth-order valence-electron chi connectivity index (χ4n) is 2.36. The number of esters is 1. The SMILES string of the molecule is COCC(=O)OCC(=O)N1CCN(S(=O)(=O)c2ccccc2Cl)CC1. The summed E-state index contributed by atoms with van der Waals surface area (Å²) >= 11 is 5.97. The predicted octanol–water partition coefficient (Wildman–Crippen LogP) is 0.363. The van der Waals surface area contributed by atoms with Gasteiger partial charge in [-0.2, -0.15) is 4.31 Å². The third kappa shape index (κ3) is 4.91. The fraction of sp³-hybridized carbons (Fsp3) is 0.467. The molecule has 0 atom stereocenters. The number of ether oxygens (including phenoxy) is 2. The van der Waals surface area contributed by atoms with Crippen molar-refractivity contribution in [1.82, 2.24) is 9.21 Å². The first-order valence-electron chi connectivity index (χ1n) is 7.53. The number of hydrogen-bond donors (Lipinski definition) is 0. The van der Waals surface area contributed by atoms with Gasteiger partial charge < -0.3 is 14.4 Å². The molecule has 0 unspecified atom stereocenters. The van der Waals surface area contributed by atoms with Gasteiger partial charge in [0.15, 0.2) is 6.61 Å². The van der Waals surface area contributed by atoms with Crippen LogP contribution in [0.4, 0.5) is 0 Å². The Morgan fingerprint density at radius 1 is 1.12 bits per heavy atom. The van der Waals surface area contributed by atoms with Crippen LogP contribution in [0.25, 0.3) is 0 Å². The van der Waals surface area contributed by atoms with Crippen molar-refractivity contribution in [3.63, 3.8) is 0 Å². The lowest BCUT2D eigenvalue weighted by Gasteiger charge is -2.34.